The summed E-state index contributed by atoms with van der Waals surface area (Å²) in [6.07, 6.45) is 1.51. The molecular formula is C19H14BrClN2OS. The second-order valence-electron chi connectivity index (χ2n) is 5.21. The van der Waals surface area contributed by atoms with Crippen molar-refractivity contribution in [2.45, 2.75) is 10.1 Å². The molecule has 0 aliphatic rings. The highest BCUT2D eigenvalue weighted by Gasteiger charge is 2.22. The molecule has 0 aliphatic heterocycles. The number of thioether (sulfide) groups is 1. The highest BCUT2D eigenvalue weighted by atomic mass is 79.9. The molecule has 0 saturated heterocycles. The van der Waals surface area contributed by atoms with Gasteiger partial charge in [0.1, 0.15) is 11.1 Å². The van der Waals surface area contributed by atoms with Gasteiger partial charge in [-0.1, -0.05) is 57.9 Å². The molecule has 2 aromatic carbocycles. The zero-order chi connectivity index (χ0) is 17.6. The van der Waals surface area contributed by atoms with Crippen LogP contribution in [0.15, 0.2) is 82.3 Å². The third-order valence-corrected chi connectivity index (χ3v) is 5.41. The Morgan fingerprint density at radius 2 is 1.76 bits per heavy atom. The quantitative estimate of drug-likeness (QED) is 0.504. The molecule has 0 aliphatic carbocycles. The molecule has 1 aromatic heterocycles. The maximum atomic E-state index is 12.9. The van der Waals surface area contributed by atoms with E-state index in [-0.39, 0.29) is 11.2 Å². The van der Waals surface area contributed by atoms with E-state index >= 15 is 0 Å². The molecule has 0 bridgehead atoms. The Hall–Kier alpha value is -1.82. The van der Waals surface area contributed by atoms with Gasteiger partial charge in [0.15, 0.2) is 0 Å². The number of nitrogens with zero attached hydrogens (tertiary/aromatic N) is 1. The Bertz CT molecular complexity index is 842. The van der Waals surface area contributed by atoms with Crippen molar-refractivity contribution in [3.63, 3.8) is 0 Å². The van der Waals surface area contributed by atoms with Crippen LogP contribution in [0.2, 0.25) is 5.02 Å². The van der Waals surface area contributed by atoms with Gasteiger partial charge in [0.2, 0.25) is 5.91 Å². The minimum Gasteiger partial charge on any atom is -0.309 e. The van der Waals surface area contributed by atoms with E-state index in [1.54, 1.807) is 12.1 Å². The SMILES string of the molecule is O=C(Nc1ccc(Cl)cn1)C(Sc1ccc(Br)cc1)c1ccccc1. The zero-order valence-electron chi connectivity index (χ0n) is 13.0. The van der Waals surface area contributed by atoms with Gasteiger partial charge in [0.25, 0.3) is 0 Å². The van der Waals surface area contributed by atoms with Crippen LogP contribution in [0, 0.1) is 0 Å². The highest BCUT2D eigenvalue weighted by molar-refractivity contribution is 9.10. The van der Waals surface area contributed by atoms with Gasteiger partial charge in [-0.3, -0.25) is 4.79 Å². The van der Waals surface area contributed by atoms with Gasteiger partial charge in [0, 0.05) is 15.6 Å². The number of aromatic nitrogens is 1. The highest BCUT2D eigenvalue weighted by Crippen LogP contribution is 2.36. The van der Waals surface area contributed by atoms with Crippen LogP contribution in [0.25, 0.3) is 0 Å². The second kappa shape index (κ2) is 8.52. The summed E-state index contributed by atoms with van der Waals surface area (Å²) >= 11 is 10.8. The van der Waals surface area contributed by atoms with E-state index in [4.69, 9.17) is 11.6 Å². The van der Waals surface area contributed by atoms with Crippen molar-refractivity contribution in [3.8, 4) is 0 Å². The number of amides is 1. The number of nitrogens with one attached hydrogen (secondary N) is 1. The lowest BCUT2D eigenvalue weighted by Gasteiger charge is -2.17. The molecule has 3 aromatic rings. The van der Waals surface area contributed by atoms with Crippen molar-refractivity contribution >= 4 is 51.0 Å². The molecule has 1 heterocycles. The summed E-state index contributed by atoms with van der Waals surface area (Å²) < 4.78 is 1.00. The Labute approximate surface area is 164 Å². The second-order valence-corrected chi connectivity index (χ2v) is 7.74. The molecule has 25 heavy (non-hydrogen) atoms. The van der Waals surface area contributed by atoms with Crippen LogP contribution in [0.5, 0.6) is 0 Å². The predicted octanol–water partition coefficient (Wildman–Crippen LogP) is 5.97. The summed E-state index contributed by atoms with van der Waals surface area (Å²) in [7, 11) is 0. The van der Waals surface area contributed by atoms with Crippen LogP contribution in [0.4, 0.5) is 5.82 Å². The number of carbonyl (C=O) groups excluding carboxylic acids is 1. The van der Waals surface area contributed by atoms with E-state index in [1.807, 2.05) is 54.6 Å². The molecule has 1 unspecified atom stereocenters. The monoisotopic (exact) mass is 432 g/mol. The summed E-state index contributed by atoms with van der Waals surface area (Å²) in [5.74, 6) is 0.348. The fourth-order valence-corrected chi connectivity index (χ4v) is 3.59. The van der Waals surface area contributed by atoms with Gasteiger partial charge in [-0.15, -0.1) is 11.8 Å². The summed E-state index contributed by atoms with van der Waals surface area (Å²) in [5.41, 5.74) is 0.932. The molecule has 1 atom stereocenters. The number of anilines is 1. The molecule has 0 radical (unpaired) electrons. The molecule has 6 heteroatoms. The first-order valence-electron chi connectivity index (χ1n) is 7.51. The molecule has 3 nitrogen and oxygen atoms in total. The van der Waals surface area contributed by atoms with E-state index in [2.05, 4.69) is 26.2 Å². The molecule has 1 amide bonds. The normalized spacial score (nSPS) is 11.8. The number of hydrogen-bond acceptors (Lipinski definition) is 3. The van der Waals surface area contributed by atoms with Crippen LogP contribution in [0.1, 0.15) is 10.8 Å². The van der Waals surface area contributed by atoms with Crippen molar-refractivity contribution < 1.29 is 4.79 Å². The topological polar surface area (TPSA) is 42.0 Å². The summed E-state index contributed by atoms with van der Waals surface area (Å²) in [6, 6.07) is 21.0. The third-order valence-electron chi connectivity index (χ3n) is 3.39. The van der Waals surface area contributed by atoms with Gasteiger partial charge in [-0.25, -0.2) is 4.98 Å². The number of rotatable bonds is 5. The van der Waals surface area contributed by atoms with Crippen LogP contribution in [-0.4, -0.2) is 10.9 Å². The van der Waals surface area contributed by atoms with E-state index in [1.165, 1.54) is 18.0 Å². The Kier molecular flexibility index (Phi) is 6.13. The van der Waals surface area contributed by atoms with Crippen molar-refractivity contribution in [1.82, 2.24) is 4.98 Å². The number of carbonyl (C=O) groups is 1. The fourth-order valence-electron chi connectivity index (χ4n) is 2.19. The first-order valence-corrected chi connectivity index (χ1v) is 9.56. The standard InChI is InChI=1S/C19H14BrClN2OS/c20-14-6-9-16(10-7-14)25-18(13-4-2-1-3-5-13)19(24)23-17-11-8-15(21)12-22-17/h1-12,18H,(H,22,23,24). The first kappa shape index (κ1) is 18.0. The maximum Gasteiger partial charge on any atom is 0.243 e. The number of hydrogen-bond donors (Lipinski definition) is 1. The Morgan fingerprint density at radius 1 is 1.04 bits per heavy atom. The first-order chi connectivity index (χ1) is 12.1. The average molecular weight is 434 g/mol. The van der Waals surface area contributed by atoms with Crippen molar-refractivity contribution in [2.75, 3.05) is 5.32 Å². The van der Waals surface area contributed by atoms with Crippen LogP contribution >= 0.6 is 39.3 Å². The minimum absolute atomic E-state index is 0.131. The Morgan fingerprint density at radius 3 is 2.40 bits per heavy atom. The lowest BCUT2D eigenvalue weighted by atomic mass is 10.1. The van der Waals surface area contributed by atoms with Gasteiger partial charge in [-0.2, -0.15) is 0 Å². The summed E-state index contributed by atoms with van der Waals surface area (Å²) in [5, 5.41) is 3.00. The van der Waals surface area contributed by atoms with Crippen molar-refractivity contribution in [2.24, 2.45) is 0 Å². The zero-order valence-corrected chi connectivity index (χ0v) is 16.2. The number of halogens is 2. The van der Waals surface area contributed by atoms with Crippen molar-refractivity contribution in [3.05, 3.63) is 88.0 Å². The number of pyridine rings is 1. The minimum atomic E-state index is -0.389. The Balaban J connectivity index is 1.83. The van der Waals surface area contributed by atoms with Crippen LogP contribution in [0.3, 0.4) is 0 Å². The molecular weight excluding hydrogens is 420 g/mol. The lowest BCUT2D eigenvalue weighted by Crippen LogP contribution is -2.19. The van der Waals surface area contributed by atoms with Crippen molar-refractivity contribution in [1.29, 1.82) is 0 Å². The van der Waals surface area contributed by atoms with E-state index in [9.17, 15) is 4.79 Å². The van der Waals surface area contributed by atoms with Crippen LogP contribution in [-0.2, 0) is 4.79 Å². The molecule has 0 fully saturated rings. The molecule has 1 N–H and O–H groups in total. The van der Waals surface area contributed by atoms with Gasteiger partial charge in [-0.05, 0) is 42.0 Å². The smallest absolute Gasteiger partial charge is 0.243 e. The average Bonchev–Trinajstić information content (AvgIpc) is 2.64. The predicted molar refractivity (Wildman–Crippen MR) is 107 cm³/mol. The van der Waals surface area contributed by atoms with E-state index < -0.39 is 0 Å². The molecule has 0 saturated carbocycles. The summed E-state index contributed by atoms with van der Waals surface area (Å²) in [4.78, 5) is 18.0. The molecule has 0 spiro atoms. The maximum absolute atomic E-state index is 12.9. The molecule has 126 valence electrons. The number of benzene rings is 2. The summed E-state index contributed by atoms with van der Waals surface area (Å²) in [6.45, 7) is 0. The van der Waals surface area contributed by atoms with E-state index in [0.717, 1.165) is 14.9 Å². The third kappa shape index (κ3) is 5.08. The molecule has 3 rings (SSSR count). The van der Waals surface area contributed by atoms with Crippen LogP contribution < -0.4 is 5.32 Å². The largest absolute Gasteiger partial charge is 0.309 e. The fraction of sp³-hybridized carbons (Fsp3) is 0.0526. The van der Waals surface area contributed by atoms with Gasteiger partial charge < -0.3 is 5.32 Å². The van der Waals surface area contributed by atoms with Gasteiger partial charge >= 0.3 is 0 Å². The lowest BCUT2D eigenvalue weighted by molar-refractivity contribution is -0.115. The van der Waals surface area contributed by atoms with E-state index in [0.29, 0.717) is 10.8 Å². The van der Waals surface area contributed by atoms with Gasteiger partial charge in [0.05, 0.1) is 5.02 Å².